The zero-order valence-electron chi connectivity index (χ0n) is 7.82. The first kappa shape index (κ1) is 10.0. The maximum atomic E-state index is 2.37. The lowest BCUT2D eigenvalue weighted by Gasteiger charge is -2.07. The average molecular weight is 142 g/mol. The van der Waals surface area contributed by atoms with E-state index in [1.807, 2.05) is 0 Å². The summed E-state index contributed by atoms with van der Waals surface area (Å²) < 4.78 is 0. The van der Waals surface area contributed by atoms with Crippen LogP contribution in [0.15, 0.2) is 0 Å². The van der Waals surface area contributed by atoms with Crippen LogP contribution in [0.4, 0.5) is 0 Å². The Morgan fingerprint density at radius 1 is 0.900 bits per heavy atom. The van der Waals surface area contributed by atoms with Gasteiger partial charge in [0, 0.05) is 0 Å². The Morgan fingerprint density at radius 3 is 2.10 bits per heavy atom. The molecule has 0 amide bonds. The van der Waals surface area contributed by atoms with Gasteiger partial charge in [0.15, 0.2) is 0 Å². The molecule has 1 unspecified atom stereocenters. The van der Waals surface area contributed by atoms with Crippen molar-refractivity contribution in [3.63, 3.8) is 0 Å². The lowest BCUT2D eigenvalue weighted by molar-refractivity contribution is 0.459. The summed E-state index contributed by atoms with van der Waals surface area (Å²) in [6.45, 7) is 6.92. The van der Waals surface area contributed by atoms with E-state index in [4.69, 9.17) is 0 Å². The van der Waals surface area contributed by atoms with E-state index >= 15 is 0 Å². The molecule has 0 aromatic rings. The maximum Gasteiger partial charge on any atom is -0.0443 e. The Bertz CT molecular complexity index is 57.1. The van der Waals surface area contributed by atoms with Gasteiger partial charge in [0.1, 0.15) is 0 Å². The summed E-state index contributed by atoms with van der Waals surface area (Å²) >= 11 is 0. The topological polar surface area (TPSA) is 0 Å². The van der Waals surface area contributed by atoms with Crippen molar-refractivity contribution in [2.75, 3.05) is 0 Å². The molecule has 0 aromatic heterocycles. The van der Waals surface area contributed by atoms with Crippen LogP contribution in [0.1, 0.15) is 59.3 Å². The SMILES string of the molecule is CCCCCC(C)CCC. The van der Waals surface area contributed by atoms with Crippen LogP contribution in [0.25, 0.3) is 0 Å². The number of rotatable bonds is 6. The van der Waals surface area contributed by atoms with Gasteiger partial charge in [0.2, 0.25) is 0 Å². The highest BCUT2D eigenvalue weighted by atomic mass is 14.0. The second-order valence-corrected chi connectivity index (χ2v) is 3.39. The zero-order valence-corrected chi connectivity index (χ0v) is 7.82. The van der Waals surface area contributed by atoms with Gasteiger partial charge in [-0.1, -0.05) is 59.3 Å². The molecule has 0 spiro atoms. The molecule has 10 heavy (non-hydrogen) atoms. The van der Waals surface area contributed by atoms with Crippen molar-refractivity contribution >= 4 is 0 Å². The molecule has 0 aromatic carbocycles. The van der Waals surface area contributed by atoms with Gasteiger partial charge in [0.25, 0.3) is 0 Å². The third-order valence-corrected chi connectivity index (χ3v) is 2.08. The first-order valence-corrected chi connectivity index (χ1v) is 4.81. The van der Waals surface area contributed by atoms with E-state index in [9.17, 15) is 0 Å². The predicted molar refractivity (Wildman–Crippen MR) is 48.2 cm³/mol. The summed E-state index contributed by atoms with van der Waals surface area (Å²) in [7, 11) is 0. The van der Waals surface area contributed by atoms with Gasteiger partial charge in [-0.15, -0.1) is 0 Å². The van der Waals surface area contributed by atoms with Crippen molar-refractivity contribution in [2.24, 2.45) is 5.92 Å². The van der Waals surface area contributed by atoms with Gasteiger partial charge in [-0.3, -0.25) is 0 Å². The smallest absolute Gasteiger partial charge is 0.0443 e. The van der Waals surface area contributed by atoms with Gasteiger partial charge >= 0.3 is 0 Å². The van der Waals surface area contributed by atoms with E-state index in [0.717, 1.165) is 5.92 Å². The summed E-state index contributed by atoms with van der Waals surface area (Å²) in [6.07, 6.45) is 8.45. The Labute approximate surface area is 66.0 Å². The molecule has 0 nitrogen and oxygen atoms in total. The largest absolute Gasteiger partial charge is 0.0654 e. The number of unbranched alkanes of at least 4 members (excludes halogenated alkanes) is 2. The van der Waals surface area contributed by atoms with Gasteiger partial charge in [-0.05, 0) is 5.92 Å². The molecular formula is C10H22. The third kappa shape index (κ3) is 6.12. The van der Waals surface area contributed by atoms with E-state index in [2.05, 4.69) is 20.8 Å². The minimum absolute atomic E-state index is 0.969. The van der Waals surface area contributed by atoms with Crippen LogP contribution < -0.4 is 0 Å². The standard InChI is InChI=1S/C10H22/c1-4-6-7-9-10(3)8-5-2/h10H,4-9H2,1-3H3. The van der Waals surface area contributed by atoms with Gasteiger partial charge in [-0.2, -0.15) is 0 Å². The van der Waals surface area contributed by atoms with Crippen molar-refractivity contribution in [3.8, 4) is 0 Å². The molecule has 0 heterocycles. The summed E-state index contributed by atoms with van der Waals surface area (Å²) in [5.74, 6) is 0.969. The molecule has 0 bridgehead atoms. The van der Waals surface area contributed by atoms with Gasteiger partial charge in [-0.25, -0.2) is 0 Å². The van der Waals surface area contributed by atoms with Crippen LogP contribution in [-0.4, -0.2) is 0 Å². The predicted octanol–water partition coefficient (Wildman–Crippen LogP) is 4.00. The fourth-order valence-electron chi connectivity index (χ4n) is 1.38. The molecule has 0 N–H and O–H groups in total. The highest BCUT2D eigenvalue weighted by Crippen LogP contribution is 2.13. The fraction of sp³-hybridized carbons (Fsp3) is 1.00. The zero-order chi connectivity index (χ0) is 7.82. The highest BCUT2D eigenvalue weighted by molar-refractivity contribution is 4.51. The van der Waals surface area contributed by atoms with E-state index < -0.39 is 0 Å². The van der Waals surface area contributed by atoms with Crippen molar-refractivity contribution < 1.29 is 0 Å². The van der Waals surface area contributed by atoms with Crippen LogP contribution in [0.2, 0.25) is 0 Å². The Kier molecular flexibility index (Phi) is 7.11. The maximum absolute atomic E-state index is 2.37. The van der Waals surface area contributed by atoms with Crippen LogP contribution >= 0.6 is 0 Å². The summed E-state index contributed by atoms with van der Waals surface area (Å²) in [4.78, 5) is 0. The lowest BCUT2D eigenvalue weighted by Crippen LogP contribution is -1.92. The van der Waals surface area contributed by atoms with Crippen LogP contribution in [0.3, 0.4) is 0 Å². The van der Waals surface area contributed by atoms with Gasteiger partial charge < -0.3 is 0 Å². The molecule has 0 fully saturated rings. The van der Waals surface area contributed by atoms with Crippen LogP contribution in [0.5, 0.6) is 0 Å². The summed E-state index contributed by atoms with van der Waals surface area (Å²) in [5.41, 5.74) is 0. The molecule has 0 aliphatic carbocycles. The van der Waals surface area contributed by atoms with Gasteiger partial charge in [0.05, 0.1) is 0 Å². The summed E-state index contributed by atoms with van der Waals surface area (Å²) in [6, 6.07) is 0. The highest BCUT2D eigenvalue weighted by Gasteiger charge is 1.98. The molecule has 0 saturated heterocycles. The van der Waals surface area contributed by atoms with Crippen molar-refractivity contribution in [2.45, 2.75) is 59.3 Å². The molecular weight excluding hydrogens is 120 g/mol. The van der Waals surface area contributed by atoms with E-state index in [1.165, 1.54) is 38.5 Å². The minimum Gasteiger partial charge on any atom is -0.0654 e. The van der Waals surface area contributed by atoms with E-state index in [-0.39, 0.29) is 0 Å². The summed E-state index contributed by atoms with van der Waals surface area (Å²) in [5, 5.41) is 0. The third-order valence-electron chi connectivity index (χ3n) is 2.08. The molecule has 0 saturated carbocycles. The van der Waals surface area contributed by atoms with Crippen molar-refractivity contribution in [3.05, 3.63) is 0 Å². The average Bonchev–Trinajstić information content (AvgIpc) is 1.89. The Morgan fingerprint density at radius 2 is 1.60 bits per heavy atom. The number of hydrogen-bond donors (Lipinski definition) is 0. The molecule has 0 aliphatic rings. The number of hydrogen-bond acceptors (Lipinski definition) is 0. The molecule has 0 rings (SSSR count). The lowest BCUT2D eigenvalue weighted by atomic mass is 9.99. The minimum atomic E-state index is 0.969. The first-order chi connectivity index (χ1) is 4.81. The van der Waals surface area contributed by atoms with Crippen molar-refractivity contribution in [1.29, 1.82) is 0 Å². The Hall–Kier alpha value is 0. The monoisotopic (exact) mass is 142 g/mol. The molecule has 1 atom stereocenters. The first-order valence-electron chi connectivity index (χ1n) is 4.81. The quantitative estimate of drug-likeness (QED) is 0.492. The Balaban J connectivity index is 2.97. The normalized spacial score (nSPS) is 13.5. The second kappa shape index (κ2) is 7.11. The van der Waals surface area contributed by atoms with Crippen LogP contribution in [-0.2, 0) is 0 Å². The molecule has 62 valence electrons. The van der Waals surface area contributed by atoms with Crippen molar-refractivity contribution in [1.82, 2.24) is 0 Å². The fourth-order valence-corrected chi connectivity index (χ4v) is 1.38. The van der Waals surface area contributed by atoms with E-state index in [0.29, 0.717) is 0 Å². The molecule has 0 aliphatic heterocycles. The molecule has 0 heteroatoms. The van der Waals surface area contributed by atoms with E-state index in [1.54, 1.807) is 0 Å². The second-order valence-electron chi connectivity index (χ2n) is 3.39. The van der Waals surface area contributed by atoms with Crippen LogP contribution in [0, 0.1) is 5.92 Å². The molecule has 0 radical (unpaired) electrons.